The van der Waals surface area contributed by atoms with E-state index in [9.17, 15) is 14.7 Å². The van der Waals surface area contributed by atoms with E-state index in [0.29, 0.717) is 38.7 Å². The van der Waals surface area contributed by atoms with Crippen molar-refractivity contribution in [1.82, 2.24) is 9.97 Å². The van der Waals surface area contributed by atoms with Crippen LogP contribution in [0.5, 0.6) is 5.75 Å². The molecule has 1 unspecified atom stereocenters. The molecular weight excluding hydrogens is 521 g/mol. The molecule has 0 aliphatic carbocycles. The normalized spacial score (nSPS) is 17.2. The fourth-order valence-electron chi connectivity index (χ4n) is 4.06. The Morgan fingerprint density at radius 3 is 2.67 bits per heavy atom. The molecule has 1 atom stereocenters. The molecule has 1 amide bonds. The molecule has 2 aromatic heterocycles. The lowest BCUT2D eigenvalue weighted by molar-refractivity contribution is -0.132. The van der Waals surface area contributed by atoms with Gasteiger partial charge in [-0.05, 0) is 61.9 Å². The Labute approximate surface area is 220 Å². The number of pyridine rings is 1. The maximum absolute atomic E-state index is 13.4. The van der Waals surface area contributed by atoms with Crippen LogP contribution in [0.25, 0.3) is 16.0 Å². The largest absolute Gasteiger partial charge is 0.507 e. The summed E-state index contributed by atoms with van der Waals surface area (Å²) in [5.41, 5.74) is 2.07. The van der Waals surface area contributed by atoms with E-state index in [-0.39, 0.29) is 16.9 Å². The van der Waals surface area contributed by atoms with Crippen LogP contribution in [0.4, 0.5) is 5.13 Å². The fourth-order valence-corrected chi connectivity index (χ4v) is 5.46. The van der Waals surface area contributed by atoms with E-state index in [2.05, 4.69) is 9.97 Å². The Morgan fingerprint density at radius 2 is 1.94 bits per heavy atom. The molecule has 2 aromatic carbocycles. The van der Waals surface area contributed by atoms with Crippen LogP contribution < -0.4 is 9.64 Å². The van der Waals surface area contributed by atoms with Crippen LogP contribution in [0.15, 0.2) is 60.3 Å². The van der Waals surface area contributed by atoms with E-state index in [4.69, 9.17) is 27.9 Å². The number of aromatic nitrogens is 2. The maximum Gasteiger partial charge on any atom is 0.301 e. The van der Waals surface area contributed by atoms with Crippen molar-refractivity contribution in [3.8, 4) is 5.75 Å². The van der Waals surface area contributed by atoms with E-state index in [1.54, 1.807) is 42.6 Å². The average Bonchev–Trinajstić information content (AvgIpc) is 3.38. The van der Waals surface area contributed by atoms with Gasteiger partial charge in [-0.15, -0.1) is 0 Å². The van der Waals surface area contributed by atoms with E-state index >= 15 is 0 Å². The minimum absolute atomic E-state index is 0.100. The Kier molecular flexibility index (Phi) is 6.42. The van der Waals surface area contributed by atoms with Crippen LogP contribution in [0, 0.1) is 6.92 Å². The van der Waals surface area contributed by atoms with Gasteiger partial charge in [-0.2, -0.15) is 0 Å². The molecule has 0 radical (unpaired) electrons. The van der Waals surface area contributed by atoms with E-state index in [1.807, 2.05) is 19.9 Å². The molecular formula is C26H19Cl2N3O4S. The van der Waals surface area contributed by atoms with Crippen molar-refractivity contribution < 1.29 is 19.4 Å². The number of carbonyl (C=O) groups is 2. The number of halogens is 2. The molecule has 5 rings (SSSR count). The van der Waals surface area contributed by atoms with Crippen molar-refractivity contribution in [3.05, 3.63) is 87.2 Å². The first-order valence-corrected chi connectivity index (χ1v) is 12.6. The molecule has 1 N–H and O–H groups in total. The quantitative estimate of drug-likeness (QED) is 0.181. The highest BCUT2D eigenvalue weighted by Crippen LogP contribution is 2.44. The number of ether oxygens (including phenoxy) is 1. The summed E-state index contributed by atoms with van der Waals surface area (Å²) in [7, 11) is 0. The number of thiazole rings is 1. The zero-order chi connectivity index (χ0) is 25.6. The third kappa shape index (κ3) is 4.11. The predicted octanol–water partition coefficient (Wildman–Crippen LogP) is 6.33. The van der Waals surface area contributed by atoms with Gasteiger partial charge in [-0.1, -0.05) is 40.6 Å². The Bertz CT molecular complexity index is 1510. The number of hydrogen-bond acceptors (Lipinski definition) is 7. The molecule has 3 heterocycles. The smallest absolute Gasteiger partial charge is 0.301 e. The Balaban J connectivity index is 1.71. The number of anilines is 1. The Morgan fingerprint density at radius 1 is 1.14 bits per heavy atom. The maximum atomic E-state index is 13.4. The highest BCUT2D eigenvalue weighted by molar-refractivity contribution is 7.22. The van der Waals surface area contributed by atoms with Crippen LogP contribution in [0.2, 0.25) is 10.0 Å². The summed E-state index contributed by atoms with van der Waals surface area (Å²) in [6.07, 6.45) is 1.56. The topological polar surface area (TPSA) is 92.6 Å². The standard InChI is InChI=1S/C26H19Cl2N3O4S/c1-3-35-19-11-14(7-8-15(19)27)23(32)21-22(17-6-4-5-9-29-17)31(25(34)24(21)33)26-30-18-12-16(28)13(2)10-20(18)36-26/h4-12,22,32H,3H2,1-2H3/b23-21+. The number of benzene rings is 2. The number of aliphatic hydroxyl groups excluding tert-OH is 1. The number of ketones is 1. The van der Waals surface area contributed by atoms with Crippen molar-refractivity contribution in [2.45, 2.75) is 19.9 Å². The average molecular weight is 540 g/mol. The van der Waals surface area contributed by atoms with E-state index in [0.717, 1.165) is 10.3 Å². The van der Waals surface area contributed by atoms with Gasteiger partial charge in [0.1, 0.15) is 17.6 Å². The van der Waals surface area contributed by atoms with Crippen LogP contribution in [-0.4, -0.2) is 33.4 Å². The molecule has 0 spiro atoms. The summed E-state index contributed by atoms with van der Waals surface area (Å²) in [4.78, 5) is 37.0. The van der Waals surface area contributed by atoms with Gasteiger partial charge >= 0.3 is 5.91 Å². The summed E-state index contributed by atoms with van der Waals surface area (Å²) in [6, 6.07) is 12.4. The lowest BCUT2D eigenvalue weighted by Crippen LogP contribution is -2.29. The zero-order valence-corrected chi connectivity index (χ0v) is 21.5. The number of nitrogens with zero attached hydrogens (tertiary/aromatic N) is 3. The van der Waals surface area contributed by atoms with Gasteiger partial charge < -0.3 is 9.84 Å². The van der Waals surface area contributed by atoms with Gasteiger partial charge in [0.05, 0.1) is 33.1 Å². The summed E-state index contributed by atoms with van der Waals surface area (Å²) in [6.45, 7) is 4.05. The number of hydrogen-bond donors (Lipinski definition) is 1. The van der Waals surface area contributed by atoms with E-state index in [1.165, 1.54) is 22.3 Å². The van der Waals surface area contributed by atoms with Gasteiger partial charge in [-0.3, -0.25) is 19.5 Å². The molecule has 0 bridgehead atoms. The summed E-state index contributed by atoms with van der Waals surface area (Å²) in [5.74, 6) is -1.66. The fraction of sp³-hybridized carbons (Fsp3) is 0.154. The first kappa shape index (κ1) is 24.2. The number of aryl methyl sites for hydroxylation is 1. The molecule has 7 nitrogen and oxygen atoms in total. The molecule has 10 heteroatoms. The summed E-state index contributed by atoms with van der Waals surface area (Å²) in [5, 5.41) is 12.5. The lowest BCUT2D eigenvalue weighted by atomic mass is 9.98. The molecule has 1 fully saturated rings. The number of carbonyl (C=O) groups excluding carboxylic acids is 2. The molecule has 1 aliphatic heterocycles. The Hall–Kier alpha value is -3.46. The van der Waals surface area contributed by atoms with Crippen molar-refractivity contribution in [2.24, 2.45) is 0 Å². The number of aliphatic hydroxyl groups is 1. The highest BCUT2D eigenvalue weighted by atomic mass is 35.5. The third-order valence-electron chi connectivity index (χ3n) is 5.78. The number of amides is 1. The molecule has 182 valence electrons. The summed E-state index contributed by atoms with van der Waals surface area (Å²) < 4.78 is 6.35. The van der Waals surface area contributed by atoms with Crippen LogP contribution in [0.3, 0.4) is 0 Å². The van der Waals surface area contributed by atoms with Gasteiger partial charge in [0.15, 0.2) is 5.13 Å². The van der Waals surface area contributed by atoms with Gasteiger partial charge in [-0.25, -0.2) is 4.98 Å². The second-order valence-corrected chi connectivity index (χ2v) is 9.89. The first-order valence-electron chi connectivity index (χ1n) is 11.0. The molecule has 1 saturated heterocycles. The number of Topliss-reactive ketones (excluding diaryl/α,β-unsaturated/α-hetero) is 1. The van der Waals surface area contributed by atoms with Gasteiger partial charge in [0.2, 0.25) is 0 Å². The molecule has 0 saturated carbocycles. The van der Waals surface area contributed by atoms with E-state index < -0.39 is 17.7 Å². The van der Waals surface area contributed by atoms with Crippen LogP contribution in [-0.2, 0) is 9.59 Å². The number of fused-ring (bicyclic) bond motifs is 1. The van der Waals surface area contributed by atoms with Crippen molar-refractivity contribution in [3.63, 3.8) is 0 Å². The van der Waals surface area contributed by atoms with Crippen LogP contribution in [0.1, 0.15) is 29.8 Å². The van der Waals surface area contributed by atoms with Crippen LogP contribution >= 0.6 is 34.5 Å². The molecule has 36 heavy (non-hydrogen) atoms. The number of rotatable bonds is 5. The lowest BCUT2D eigenvalue weighted by Gasteiger charge is -2.22. The van der Waals surface area contributed by atoms with Crippen molar-refractivity contribution >= 4 is 67.3 Å². The second-order valence-electron chi connectivity index (χ2n) is 8.07. The summed E-state index contributed by atoms with van der Waals surface area (Å²) >= 11 is 13.7. The minimum Gasteiger partial charge on any atom is -0.507 e. The highest BCUT2D eigenvalue weighted by Gasteiger charge is 2.48. The second kappa shape index (κ2) is 9.54. The molecule has 1 aliphatic rings. The van der Waals surface area contributed by atoms with Gasteiger partial charge in [0.25, 0.3) is 5.78 Å². The van der Waals surface area contributed by atoms with Crippen molar-refractivity contribution in [2.75, 3.05) is 11.5 Å². The molecule has 4 aromatic rings. The minimum atomic E-state index is -0.991. The first-order chi connectivity index (χ1) is 17.3. The monoisotopic (exact) mass is 539 g/mol. The third-order valence-corrected chi connectivity index (χ3v) is 7.52. The van der Waals surface area contributed by atoms with Crippen molar-refractivity contribution in [1.29, 1.82) is 0 Å². The zero-order valence-electron chi connectivity index (χ0n) is 19.2. The SMILES string of the molecule is CCOc1cc(/C(O)=C2\C(=O)C(=O)N(c3nc4cc(Cl)c(C)cc4s3)C2c2ccccn2)ccc1Cl. The predicted molar refractivity (Wildman–Crippen MR) is 141 cm³/mol. The van der Waals surface area contributed by atoms with Gasteiger partial charge in [0, 0.05) is 16.8 Å².